The number of fused-ring (bicyclic) bond motifs is 1. The Hall–Kier alpha value is -3.03. The van der Waals surface area contributed by atoms with Crippen LogP contribution in [0.1, 0.15) is 11.1 Å². The Kier molecular flexibility index (Phi) is 4.58. The fourth-order valence-corrected chi connectivity index (χ4v) is 4.58. The van der Waals surface area contributed by atoms with Crippen molar-refractivity contribution in [3.05, 3.63) is 70.1 Å². The maximum Gasteiger partial charge on any atom is 0.139 e. The van der Waals surface area contributed by atoms with Crippen LogP contribution in [-0.4, -0.2) is 23.2 Å². The largest absolute Gasteiger partial charge is 0.792 e. The van der Waals surface area contributed by atoms with Gasteiger partial charge in [-0.2, -0.15) is 10.5 Å². The van der Waals surface area contributed by atoms with Crippen LogP contribution in [-0.2, 0) is 0 Å². The summed E-state index contributed by atoms with van der Waals surface area (Å²) in [6.07, 6.45) is 1.51. The lowest BCUT2D eigenvalue weighted by molar-refractivity contribution is 0.456. The van der Waals surface area contributed by atoms with Crippen molar-refractivity contribution in [2.45, 2.75) is 4.90 Å². The summed E-state index contributed by atoms with van der Waals surface area (Å²) in [5.41, 5.74) is 2.00. The molecule has 0 aromatic heterocycles. The first-order valence-electron chi connectivity index (χ1n) is 7.78. The molecule has 5 nitrogen and oxygen atoms in total. The normalized spacial score (nSPS) is 17.2. The number of sulfone groups is 1. The van der Waals surface area contributed by atoms with E-state index >= 15 is 0 Å². The van der Waals surface area contributed by atoms with Gasteiger partial charge in [0.25, 0.3) is 0 Å². The minimum Gasteiger partial charge on any atom is -0.792 e. The van der Waals surface area contributed by atoms with Gasteiger partial charge in [0, 0.05) is 40.7 Å². The van der Waals surface area contributed by atoms with E-state index in [-0.39, 0.29) is 20.9 Å². The lowest BCUT2D eigenvalue weighted by Gasteiger charge is -2.58. The van der Waals surface area contributed by atoms with E-state index in [0.717, 1.165) is 5.69 Å². The van der Waals surface area contributed by atoms with Crippen molar-refractivity contribution in [1.82, 2.24) is 0 Å². The summed E-state index contributed by atoms with van der Waals surface area (Å²) < 4.78 is 26.0. The average Bonchev–Trinajstić information content (AvgIpc) is 2.85. The van der Waals surface area contributed by atoms with Crippen LogP contribution in [0.25, 0.3) is 11.6 Å². The molecule has 1 aliphatic heterocycles. The maximum atomic E-state index is 13.0. The summed E-state index contributed by atoms with van der Waals surface area (Å²) in [5, 5.41) is 18.6. The molecule has 0 atom stereocenters. The summed E-state index contributed by atoms with van der Waals surface area (Å²) >= 11 is 0. The molecule has 0 radical (unpaired) electrons. The van der Waals surface area contributed by atoms with Crippen LogP contribution in [0.15, 0.2) is 63.9 Å². The lowest BCUT2D eigenvalue weighted by Crippen LogP contribution is -2.07. The fraction of sp³-hybridized carbons (Fsp3) is 0.100. The summed E-state index contributed by atoms with van der Waals surface area (Å²) in [6, 6.07) is 17.4. The molecule has 0 bridgehead atoms. The van der Waals surface area contributed by atoms with Crippen molar-refractivity contribution < 1.29 is 9.11 Å². The van der Waals surface area contributed by atoms with Crippen molar-refractivity contribution >= 4 is 27.9 Å². The highest BCUT2D eigenvalue weighted by Gasteiger charge is 2.28. The van der Waals surface area contributed by atoms with Crippen LogP contribution in [0.2, 0.25) is 0 Å². The first kappa shape index (κ1) is 17.8. The predicted octanol–water partition coefficient (Wildman–Crippen LogP) is 4.03. The monoisotopic (exact) mass is 361 g/mol. The highest BCUT2D eigenvalue weighted by atomic mass is 32.3. The summed E-state index contributed by atoms with van der Waals surface area (Å²) in [6.45, 7) is 0. The molecule has 0 fully saturated rings. The third-order valence-corrected chi connectivity index (χ3v) is 6.00. The zero-order valence-corrected chi connectivity index (χ0v) is 15.1. The third-order valence-electron chi connectivity index (χ3n) is 4.16. The van der Waals surface area contributed by atoms with E-state index in [1.54, 1.807) is 30.3 Å². The Balaban J connectivity index is 2.23. The van der Waals surface area contributed by atoms with Gasteiger partial charge in [-0.3, -0.25) is 0 Å². The highest BCUT2D eigenvalue weighted by molar-refractivity contribution is 8.28. The Morgan fingerprint density at radius 3 is 2.19 bits per heavy atom. The molecule has 0 aliphatic carbocycles. The van der Waals surface area contributed by atoms with Gasteiger partial charge in [0.05, 0.1) is 0 Å². The molecule has 0 amide bonds. The highest BCUT2D eigenvalue weighted by Crippen LogP contribution is 2.67. The molecule has 2 aromatic rings. The molecule has 1 heterocycles. The van der Waals surface area contributed by atoms with Gasteiger partial charge < -0.3 is 24.6 Å². The summed E-state index contributed by atoms with van der Waals surface area (Å²) in [7, 11) is 0.0355. The molecule has 26 heavy (non-hydrogen) atoms. The Labute approximate surface area is 154 Å². The van der Waals surface area contributed by atoms with Crippen LogP contribution in [0.5, 0.6) is 0 Å². The molecule has 130 valence electrons. The van der Waals surface area contributed by atoms with Gasteiger partial charge in [-0.15, -0.1) is 0 Å². The molecule has 0 spiro atoms. The fourth-order valence-electron chi connectivity index (χ4n) is 2.86. The van der Waals surface area contributed by atoms with Gasteiger partial charge in [-0.05, 0) is 29.8 Å². The van der Waals surface area contributed by atoms with E-state index in [1.165, 1.54) is 12.1 Å². The molecule has 0 saturated heterocycles. The summed E-state index contributed by atoms with van der Waals surface area (Å²) in [5.74, 6) is 0. The number of benzene rings is 2. The second-order valence-electron chi connectivity index (χ2n) is 5.97. The second kappa shape index (κ2) is 6.70. The predicted molar refractivity (Wildman–Crippen MR) is 101 cm³/mol. The minimum absolute atomic E-state index is 0.0191. The van der Waals surface area contributed by atoms with Gasteiger partial charge in [-0.1, -0.05) is 30.3 Å². The smallest absolute Gasteiger partial charge is 0.139 e. The Bertz CT molecular complexity index is 991. The van der Waals surface area contributed by atoms with Crippen molar-refractivity contribution in [2.75, 3.05) is 19.0 Å². The average molecular weight is 361 g/mol. The number of nitrogens with zero attached hydrogens (tertiary/aromatic N) is 3. The maximum absolute atomic E-state index is 13.0. The van der Waals surface area contributed by atoms with E-state index in [4.69, 9.17) is 0 Å². The van der Waals surface area contributed by atoms with E-state index in [0.29, 0.717) is 11.1 Å². The molecule has 3 rings (SSSR count). The van der Waals surface area contributed by atoms with Gasteiger partial charge >= 0.3 is 0 Å². The van der Waals surface area contributed by atoms with Crippen LogP contribution < -0.4 is 4.90 Å². The molecular formula is C20H15N3O2S-2. The number of hydrogen-bond acceptors (Lipinski definition) is 5. The van der Waals surface area contributed by atoms with Gasteiger partial charge in [0.15, 0.2) is 0 Å². The number of nitriles is 2. The quantitative estimate of drug-likeness (QED) is 0.752. The molecule has 0 saturated carbocycles. The molecule has 6 heteroatoms. The van der Waals surface area contributed by atoms with Crippen LogP contribution in [0.4, 0.5) is 5.69 Å². The van der Waals surface area contributed by atoms with Crippen molar-refractivity contribution in [3.8, 4) is 12.1 Å². The van der Waals surface area contributed by atoms with Crippen LogP contribution in [0, 0.1) is 22.7 Å². The first-order chi connectivity index (χ1) is 12.4. The third kappa shape index (κ3) is 2.87. The number of hydrogen-bond donors (Lipinski definition) is 0. The zero-order valence-electron chi connectivity index (χ0n) is 14.3. The van der Waals surface area contributed by atoms with E-state index in [2.05, 4.69) is 0 Å². The standard InChI is InChI=1S/C20H17N3O2S/c1-23(2)16-9-7-14(8-10-16)11-19-20(15(12-21)13-22)17-5-3-4-6-18(17)26(19,24)25/h3-11,24-25H,1-2H3/p-2. The van der Waals surface area contributed by atoms with E-state index in [9.17, 15) is 19.6 Å². The summed E-state index contributed by atoms with van der Waals surface area (Å²) in [4.78, 5) is 2.04. The van der Waals surface area contributed by atoms with Gasteiger partial charge in [-0.25, -0.2) is 0 Å². The number of rotatable bonds is 2. The molecule has 2 aromatic carbocycles. The van der Waals surface area contributed by atoms with Crippen LogP contribution >= 0.6 is 10.6 Å². The van der Waals surface area contributed by atoms with Crippen molar-refractivity contribution in [3.63, 3.8) is 0 Å². The van der Waals surface area contributed by atoms with Gasteiger partial charge in [0.1, 0.15) is 17.7 Å². The van der Waals surface area contributed by atoms with Gasteiger partial charge in [0.2, 0.25) is 0 Å². The zero-order chi connectivity index (χ0) is 18.9. The molecule has 0 unspecified atom stereocenters. The number of allylic oxidation sites excluding steroid dienone is 2. The van der Waals surface area contributed by atoms with E-state index in [1.807, 2.05) is 43.3 Å². The molecule has 1 aliphatic rings. The lowest BCUT2D eigenvalue weighted by atomic mass is 9.99. The second-order valence-corrected chi connectivity index (χ2v) is 7.85. The molecular weight excluding hydrogens is 346 g/mol. The van der Waals surface area contributed by atoms with Crippen LogP contribution in [0.3, 0.4) is 0 Å². The van der Waals surface area contributed by atoms with Crippen molar-refractivity contribution in [1.29, 1.82) is 10.5 Å². The minimum atomic E-state index is -3.79. The Morgan fingerprint density at radius 1 is 1.00 bits per heavy atom. The first-order valence-corrected chi connectivity index (χ1v) is 9.27. The SMILES string of the molecule is CN(C)c1ccc(C=C2C(=C(C#N)C#N)c3ccccc3S2([O-])[O-])cc1. The number of anilines is 1. The molecule has 0 N–H and O–H groups in total. The van der Waals surface area contributed by atoms with E-state index < -0.39 is 10.6 Å². The Morgan fingerprint density at radius 2 is 1.62 bits per heavy atom. The van der Waals surface area contributed by atoms with Crippen molar-refractivity contribution in [2.24, 2.45) is 0 Å². The topological polar surface area (TPSA) is 96.9 Å².